The average molecular weight is 526 g/mol. The van der Waals surface area contributed by atoms with Gasteiger partial charge in [-0.2, -0.15) is 0 Å². The van der Waals surface area contributed by atoms with Crippen LogP contribution in [0.25, 0.3) is 0 Å². The maximum Gasteiger partial charge on any atom is 0.303 e. The van der Waals surface area contributed by atoms with E-state index < -0.39 is 12.3 Å². The lowest BCUT2D eigenvalue weighted by Crippen LogP contribution is -2.31. The van der Waals surface area contributed by atoms with Gasteiger partial charge in [-0.15, -0.1) is 0 Å². The van der Waals surface area contributed by atoms with Crippen molar-refractivity contribution in [1.82, 2.24) is 14.9 Å². The summed E-state index contributed by atoms with van der Waals surface area (Å²) in [5, 5.41) is 21.8. The number of hydrogen-bond acceptors (Lipinski definition) is 7. The second-order valence-electron chi connectivity index (χ2n) is 8.89. The van der Waals surface area contributed by atoms with E-state index >= 15 is 0 Å². The summed E-state index contributed by atoms with van der Waals surface area (Å²) >= 11 is 1.64. The van der Waals surface area contributed by atoms with Crippen LogP contribution in [0.5, 0.6) is 0 Å². The van der Waals surface area contributed by atoms with Gasteiger partial charge in [-0.3, -0.25) is 9.59 Å². The SMILES string of the molecule is Cn1ccnc1SCC1CC(c2ccc(CO)cc2)OC(c2ccc(CNC(=O)CCC(=O)O)cc2)O1. The number of hydrogen-bond donors (Lipinski definition) is 3. The smallest absolute Gasteiger partial charge is 0.303 e. The summed E-state index contributed by atoms with van der Waals surface area (Å²) in [6.07, 6.45) is 3.33. The molecule has 0 aliphatic carbocycles. The molecule has 1 aliphatic rings. The Hall–Kier alpha value is -3.18. The van der Waals surface area contributed by atoms with Crippen molar-refractivity contribution < 1.29 is 29.3 Å². The van der Waals surface area contributed by atoms with E-state index in [-0.39, 0.29) is 37.6 Å². The molecule has 0 spiro atoms. The molecule has 3 atom stereocenters. The first-order valence-electron chi connectivity index (χ1n) is 12.1. The number of carboxylic acid groups (broad SMARTS) is 1. The fourth-order valence-electron chi connectivity index (χ4n) is 3.98. The molecule has 2 aromatic carbocycles. The number of nitrogens with zero attached hydrogens (tertiary/aromatic N) is 2. The molecule has 1 fully saturated rings. The van der Waals surface area contributed by atoms with Gasteiger partial charge in [0, 0.05) is 50.1 Å². The highest BCUT2D eigenvalue weighted by atomic mass is 32.2. The minimum atomic E-state index is -0.994. The third-order valence-electron chi connectivity index (χ3n) is 6.10. The Morgan fingerprint density at radius 1 is 1.05 bits per heavy atom. The summed E-state index contributed by atoms with van der Waals surface area (Å²) in [4.78, 5) is 26.8. The van der Waals surface area contributed by atoms with Crippen LogP contribution in [0.1, 0.15) is 53.9 Å². The molecule has 0 bridgehead atoms. The Labute approximate surface area is 219 Å². The van der Waals surface area contributed by atoms with Gasteiger partial charge in [0.05, 0.1) is 25.2 Å². The summed E-state index contributed by atoms with van der Waals surface area (Å²) in [7, 11) is 1.96. The second kappa shape index (κ2) is 12.9. The fourth-order valence-corrected chi connectivity index (χ4v) is 4.93. The van der Waals surface area contributed by atoms with E-state index in [9.17, 15) is 14.7 Å². The van der Waals surface area contributed by atoms with Gasteiger partial charge >= 0.3 is 5.97 Å². The van der Waals surface area contributed by atoms with Gasteiger partial charge in [-0.1, -0.05) is 60.3 Å². The number of ether oxygens (including phenoxy) is 2. The van der Waals surface area contributed by atoms with Crippen LogP contribution in [-0.4, -0.2) is 43.5 Å². The molecule has 37 heavy (non-hydrogen) atoms. The van der Waals surface area contributed by atoms with Gasteiger partial charge in [0.25, 0.3) is 0 Å². The molecule has 9 nitrogen and oxygen atoms in total. The molecule has 4 rings (SSSR count). The zero-order valence-corrected chi connectivity index (χ0v) is 21.4. The number of carboxylic acids is 1. The molecular weight excluding hydrogens is 494 g/mol. The van der Waals surface area contributed by atoms with Gasteiger partial charge in [0.2, 0.25) is 5.91 Å². The second-order valence-corrected chi connectivity index (χ2v) is 9.88. The molecule has 1 aromatic heterocycles. The number of aromatic nitrogens is 2. The monoisotopic (exact) mass is 525 g/mol. The van der Waals surface area contributed by atoms with E-state index in [0.29, 0.717) is 13.0 Å². The van der Waals surface area contributed by atoms with Crippen molar-refractivity contribution in [3.05, 3.63) is 83.2 Å². The maximum atomic E-state index is 11.8. The number of rotatable bonds is 11. The highest BCUT2D eigenvalue weighted by Gasteiger charge is 2.32. The number of aliphatic carboxylic acids is 1. The largest absolute Gasteiger partial charge is 0.481 e. The van der Waals surface area contributed by atoms with E-state index in [1.807, 2.05) is 66.3 Å². The zero-order valence-electron chi connectivity index (χ0n) is 20.6. The quantitative estimate of drug-likeness (QED) is 0.324. The molecule has 10 heteroatoms. The summed E-state index contributed by atoms with van der Waals surface area (Å²) in [6, 6.07) is 15.4. The van der Waals surface area contributed by atoms with Crippen molar-refractivity contribution in [1.29, 1.82) is 0 Å². The number of aryl methyl sites for hydroxylation is 1. The van der Waals surface area contributed by atoms with Crippen molar-refractivity contribution in [2.75, 3.05) is 5.75 Å². The predicted molar refractivity (Wildman–Crippen MR) is 138 cm³/mol. The van der Waals surface area contributed by atoms with Crippen molar-refractivity contribution >= 4 is 23.6 Å². The van der Waals surface area contributed by atoms with Crippen LogP contribution in [0, 0.1) is 0 Å². The highest BCUT2D eigenvalue weighted by molar-refractivity contribution is 7.99. The molecule has 1 aliphatic heterocycles. The standard InChI is InChI=1S/C27H31N3O6S/c1-30-13-12-28-27(30)37-17-22-14-23(20-6-4-19(16-31)5-7-20)36-26(35-22)21-8-2-18(3-9-21)15-29-24(32)10-11-25(33)34/h2-9,12-13,22-23,26,31H,10-11,14-17H2,1H3,(H,29,32)(H,33,34). The van der Waals surface area contributed by atoms with Gasteiger partial charge in [-0.25, -0.2) is 4.98 Å². The Balaban J connectivity index is 1.43. The lowest BCUT2D eigenvalue weighted by Gasteiger charge is -2.36. The molecule has 1 amide bonds. The van der Waals surface area contributed by atoms with E-state index in [2.05, 4.69) is 10.3 Å². The molecule has 3 N–H and O–H groups in total. The van der Waals surface area contributed by atoms with Gasteiger partial charge < -0.3 is 29.6 Å². The minimum Gasteiger partial charge on any atom is -0.481 e. The van der Waals surface area contributed by atoms with E-state index in [0.717, 1.165) is 33.2 Å². The summed E-state index contributed by atoms with van der Waals surface area (Å²) in [5.74, 6) is -0.573. The molecule has 1 saturated heterocycles. The van der Waals surface area contributed by atoms with Crippen LogP contribution in [0.4, 0.5) is 0 Å². The number of thioether (sulfide) groups is 1. The Bertz CT molecular complexity index is 1180. The van der Waals surface area contributed by atoms with Crippen LogP contribution >= 0.6 is 11.8 Å². The normalized spacial score (nSPS) is 19.5. The number of aliphatic hydroxyl groups is 1. The van der Waals surface area contributed by atoms with E-state index in [1.165, 1.54) is 0 Å². The fraction of sp³-hybridized carbons (Fsp3) is 0.370. The van der Waals surface area contributed by atoms with Crippen LogP contribution in [-0.2, 0) is 39.3 Å². The maximum absolute atomic E-state index is 11.8. The van der Waals surface area contributed by atoms with Gasteiger partial charge in [-0.05, 0) is 16.7 Å². The first-order valence-corrected chi connectivity index (χ1v) is 13.1. The highest BCUT2D eigenvalue weighted by Crippen LogP contribution is 2.39. The predicted octanol–water partition coefficient (Wildman–Crippen LogP) is 3.73. The van der Waals surface area contributed by atoms with Crippen molar-refractivity contribution in [3.8, 4) is 0 Å². The summed E-state index contributed by atoms with van der Waals surface area (Å²) < 4.78 is 14.7. The minimum absolute atomic E-state index is 0.00711. The first-order chi connectivity index (χ1) is 17.9. The Morgan fingerprint density at radius 2 is 1.76 bits per heavy atom. The van der Waals surface area contributed by atoms with Crippen molar-refractivity contribution in [2.24, 2.45) is 7.05 Å². The lowest BCUT2D eigenvalue weighted by molar-refractivity contribution is -0.245. The van der Waals surface area contributed by atoms with Crippen LogP contribution in [0.3, 0.4) is 0 Å². The van der Waals surface area contributed by atoms with E-state index in [4.69, 9.17) is 14.6 Å². The van der Waals surface area contributed by atoms with Crippen molar-refractivity contribution in [3.63, 3.8) is 0 Å². The number of carbonyl (C=O) groups is 2. The topological polar surface area (TPSA) is 123 Å². The molecular formula is C27H31N3O6S. The van der Waals surface area contributed by atoms with Crippen molar-refractivity contribution in [2.45, 2.75) is 56.1 Å². The number of carbonyl (C=O) groups excluding carboxylic acids is 1. The van der Waals surface area contributed by atoms with Gasteiger partial charge in [0.1, 0.15) is 0 Å². The number of benzene rings is 2. The summed E-state index contributed by atoms with van der Waals surface area (Å²) in [6.45, 7) is 0.306. The Morgan fingerprint density at radius 3 is 2.41 bits per heavy atom. The Kier molecular flexibility index (Phi) is 9.34. The first kappa shape index (κ1) is 26.9. The number of amides is 1. The molecule has 0 saturated carbocycles. The average Bonchev–Trinajstić information content (AvgIpc) is 3.34. The summed E-state index contributed by atoms with van der Waals surface area (Å²) in [5.41, 5.74) is 3.63. The third kappa shape index (κ3) is 7.65. The lowest BCUT2D eigenvalue weighted by atomic mass is 10.0. The number of imidazole rings is 1. The molecule has 196 valence electrons. The van der Waals surface area contributed by atoms with E-state index in [1.54, 1.807) is 18.0 Å². The molecule has 3 unspecified atom stereocenters. The van der Waals surface area contributed by atoms with Crippen LogP contribution < -0.4 is 5.32 Å². The molecule has 2 heterocycles. The van der Waals surface area contributed by atoms with Gasteiger partial charge in [0.15, 0.2) is 11.4 Å². The number of nitrogens with one attached hydrogen (secondary N) is 1. The molecule has 0 radical (unpaired) electrons. The molecule has 3 aromatic rings. The van der Waals surface area contributed by atoms with Crippen LogP contribution in [0.15, 0.2) is 66.1 Å². The zero-order chi connectivity index (χ0) is 26.2. The number of aliphatic hydroxyl groups excluding tert-OH is 1. The third-order valence-corrected chi connectivity index (χ3v) is 7.29. The van der Waals surface area contributed by atoms with Crippen LogP contribution in [0.2, 0.25) is 0 Å².